The van der Waals surface area contributed by atoms with Crippen molar-refractivity contribution in [1.82, 2.24) is 0 Å². The smallest absolute Gasteiger partial charge is 0.287 e. The van der Waals surface area contributed by atoms with Gasteiger partial charge in [0.25, 0.3) is 0 Å². The van der Waals surface area contributed by atoms with Crippen molar-refractivity contribution < 1.29 is 9.58 Å². The van der Waals surface area contributed by atoms with Crippen molar-refractivity contribution in [1.29, 1.82) is 5.53 Å². The number of nitrogens with zero attached hydrogens (tertiary/aromatic N) is 1. The summed E-state index contributed by atoms with van der Waals surface area (Å²) in [5.41, 5.74) is 6.26. The molecule has 0 heterocycles. The topological polar surface area (TPSA) is 55.0 Å². The zero-order chi connectivity index (χ0) is 6.41. The fraction of sp³-hybridized carbons (Fsp3) is 0.600. The average Bonchev–Trinajstić information content (AvgIpc) is 1.68. The zero-order valence-corrected chi connectivity index (χ0v) is 4.85. The third-order valence-electron chi connectivity index (χ3n) is 0.705. The lowest BCUT2D eigenvalue weighted by Crippen LogP contribution is -1.97. The van der Waals surface area contributed by atoms with Crippen LogP contribution in [0.4, 0.5) is 0 Å². The van der Waals surface area contributed by atoms with Crippen molar-refractivity contribution in [3.8, 4) is 0 Å². The summed E-state index contributed by atoms with van der Waals surface area (Å²) >= 11 is 0. The van der Waals surface area contributed by atoms with E-state index in [0.717, 1.165) is 12.6 Å². The molecule has 0 rings (SSSR count). The van der Waals surface area contributed by atoms with Crippen LogP contribution in [-0.4, -0.2) is 16.8 Å². The van der Waals surface area contributed by atoms with Crippen LogP contribution in [0.1, 0.15) is 19.8 Å². The van der Waals surface area contributed by atoms with Gasteiger partial charge in [0.2, 0.25) is 5.78 Å². The van der Waals surface area contributed by atoms with Gasteiger partial charge in [-0.15, -0.1) is 0 Å². The monoisotopic (exact) mass is 113 g/mol. The van der Waals surface area contributed by atoms with Crippen LogP contribution in [0.3, 0.4) is 0 Å². The highest BCUT2D eigenvalue weighted by atomic mass is 16.1. The minimum atomic E-state index is -0.0671. The minimum absolute atomic E-state index is 0.0671. The van der Waals surface area contributed by atoms with E-state index in [2.05, 4.69) is 4.79 Å². The predicted molar refractivity (Wildman–Crippen MR) is 29.0 cm³/mol. The number of nitrogens with one attached hydrogen (secondary N) is 1. The summed E-state index contributed by atoms with van der Waals surface area (Å²) in [6.45, 7) is 1.91. The van der Waals surface area contributed by atoms with Gasteiger partial charge in [0.05, 0.1) is 10.3 Å². The molecule has 1 N–H and O–H groups in total. The molecule has 0 aromatic carbocycles. The summed E-state index contributed by atoms with van der Waals surface area (Å²) in [6, 6.07) is 0. The summed E-state index contributed by atoms with van der Waals surface area (Å²) in [5.74, 6) is -0.0671. The maximum absolute atomic E-state index is 10.4. The average molecular weight is 113 g/mol. The van der Waals surface area contributed by atoms with Crippen molar-refractivity contribution in [2.45, 2.75) is 19.8 Å². The Bertz CT molecular complexity index is 124. The highest BCUT2D eigenvalue weighted by molar-refractivity contribution is 6.25. The van der Waals surface area contributed by atoms with Gasteiger partial charge in [-0.25, -0.2) is 0 Å². The molecule has 3 heteroatoms. The van der Waals surface area contributed by atoms with E-state index in [9.17, 15) is 4.79 Å². The van der Waals surface area contributed by atoms with Gasteiger partial charge in [0.1, 0.15) is 0 Å². The molecule has 0 bridgehead atoms. The fourth-order valence-corrected chi connectivity index (χ4v) is 0.383. The van der Waals surface area contributed by atoms with Crippen LogP contribution >= 0.6 is 0 Å². The molecule has 0 aliphatic rings. The van der Waals surface area contributed by atoms with Crippen molar-refractivity contribution in [3.05, 3.63) is 0 Å². The van der Waals surface area contributed by atoms with Gasteiger partial charge in [0.15, 0.2) is 0 Å². The number of Topliss-reactive ketones (excluding diaryl/α,β-unsaturated/α-hetero) is 1. The van der Waals surface area contributed by atoms with Crippen molar-refractivity contribution in [2.75, 3.05) is 0 Å². The van der Waals surface area contributed by atoms with Gasteiger partial charge in [-0.1, -0.05) is 6.92 Å². The normalized spacial score (nSPS) is 7.62. The van der Waals surface area contributed by atoms with Crippen LogP contribution in [0, 0.1) is 5.53 Å². The highest BCUT2D eigenvalue weighted by Crippen LogP contribution is 1.83. The third-order valence-corrected chi connectivity index (χ3v) is 0.705. The van der Waals surface area contributed by atoms with Crippen molar-refractivity contribution in [3.63, 3.8) is 0 Å². The summed E-state index contributed by atoms with van der Waals surface area (Å²) in [6.07, 6.45) is 2.36. The maximum atomic E-state index is 10.4. The van der Waals surface area contributed by atoms with Gasteiger partial charge >= 0.3 is 6.21 Å². The van der Waals surface area contributed by atoms with E-state index in [0.29, 0.717) is 6.42 Å². The molecule has 0 spiro atoms. The standard InChI is InChI=1S/C5H9N2O/c1-2-3-5(8)4-7-6/h4,6H,2-3H2,1H3/q+1. The Kier molecular flexibility index (Phi) is 3.71. The van der Waals surface area contributed by atoms with E-state index in [1.54, 1.807) is 0 Å². The van der Waals surface area contributed by atoms with E-state index in [1.165, 1.54) is 0 Å². The number of hydrogen-bond donors (Lipinski definition) is 1. The lowest BCUT2D eigenvalue weighted by Gasteiger charge is -1.76. The first-order chi connectivity index (χ1) is 3.81. The first-order valence-electron chi connectivity index (χ1n) is 2.54. The Labute approximate surface area is 47.9 Å². The molecule has 0 aliphatic heterocycles. The number of carbonyl (C=O) groups is 1. The molecule has 0 atom stereocenters. The molecule has 0 aromatic heterocycles. The summed E-state index contributed by atoms with van der Waals surface area (Å²) in [7, 11) is 0. The molecular weight excluding hydrogens is 104 g/mol. The van der Waals surface area contributed by atoms with Gasteiger partial charge in [-0.3, -0.25) is 4.79 Å². The summed E-state index contributed by atoms with van der Waals surface area (Å²) in [5, 5.41) is 0. The van der Waals surface area contributed by atoms with E-state index in [4.69, 9.17) is 5.53 Å². The highest BCUT2D eigenvalue weighted by Gasteiger charge is 1.99. The quantitative estimate of drug-likeness (QED) is 0.326. The van der Waals surface area contributed by atoms with E-state index >= 15 is 0 Å². The molecule has 0 radical (unpaired) electrons. The first kappa shape index (κ1) is 7.05. The Balaban J connectivity index is 3.49. The van der Waals surface area contributed by atoms with Crippen LogP contribution in [0.2, 0.25) is 0 Å². The van der Waals surface area contributed by atoms with E-state index < -0.39 is 0 Å². The number of rotatable bonds is 3. The van der Waals surface area contributed by atoms with E-state index in [1.807, 2.05) is 6.92 Å². The second-order valence-corrected chi connectivity index (χ2v) is 1.47. The second kappa shape index (κ2) is 4.22. The molecule has 0 fully saturated rings. The Morgan fingerprint density at radius 3 is 2.88 bits per heavy atom. The van der Waals surface area contributed by atoms with Gasteiger partial charge in [-0.2, -0.15) is 0 Å². The van der Waals surface area contributed by atoms with E-state index in [-0.39, 0.29) is 5.78 Å². The first-order valence-corrected chi connectivity index (χ1v) is 2.54. The molecule has 0 saturated carbocycles. The molecule has 8 heavy (non-hydrogen) atoms. The SMILES string of the molecule is CCCC(=O)C=[N+]=N. The van der Waals surface area contributed by atoms with Gasteiger partial charge in [0, 0.05) is 6.42 Å². The fourth-order valence-electron chi connectivity index (χ4n) is 0.383. The van der Waals surface area contributed by atoms with Crippen LogP contribution in [-0.2, 0) is 4.79 Å². The number of hydrogen-bond acceptors (Lipinski definition) is 2. The molecular formula is C5H9N2O+. The molecule has 0 unspecified atom stereocenters. The predicted octanol–water partition coefficient (Wildman–Crippen LogP) is 0.666. The van der Waals surface area contributed by atoms with Crippen LogP contribution in [0.25, 0.3) is 0 Å². The lowest BCUT2D eigenvalue weighted by molar-refractivity contribution is -0.131. The lowest BCUT2D eigenvalue weighted by atomic mass is 10.2. The molecule has 44 valence electrons. The van der Waals surface area contributed by atoms with Crippen molar-refractivity contribution in [2.24, 2.45) is 0 Å². The van der Waals surface area contributed by atoms with Crippen LogP contribution < -0.4 is 0 Å². The van der Waals surface area contributed by atoms with Gasteiger partial charge < -0.3 is 0 Å². The van der Waals surface area contributed by atoms with Gasteiger partial charge in [-0.05, 0) is 6.42 Å². The molecule has 3 nitrogen and oxygen atoms in total. The Hall–Kier alpha value is -0.950. The maximum Gasteiger partial charge on any atom is 0.372 e. The number of ketones is 1. The molecule has 0 aliphatic carbocycles. The minimum Gasteiger partial charge on any atom is -0.287 e. The molecule has 0 amide bonds. The zero-order valence-electron chi connectivity index (χ0n) is 4.85. The Morgan fingerprint density at radius 1 is 1.88 bits per heavy atom. The van der Waals surface area contributed by atoms with Crippen molar-refractivity contribution >= 4 is 12.0 Å². The second-order valence-electron chi connectivity index (χ2n) is 1.47. The molecule has 0 saturated heterocycles. The third kappa shape index (κ3) is 3.25. The summed E-state index contributed by atoms with van der Waals surface area (Å²) < 4.78 is 0. The van der Waals surface area contributed by atoms with Crippen LogP contribution in [0.5, 0.6) is 0 Å². The summed E-state index contributed by atoms with van der Waals surface area (Å²) in [4.78, 5) is 13.2. The molecule has 0 aromatic rings. The van der Waals surface area contributed by atoms with Crippen LogP contribution in [0.15, 0.2) is 0 Å². The number of carbonyl (C=O) groups excluding carboxylic acids is 1. The largest absolute Gasteiger partial charge is 0.372 e. The Morgan fingerprint density at radius 2 is 2.50 bits per heavy atom.